The van der Waals surface area contributed by atoms with Gasteiger partial charge in [0.2, 0.25) is 0 Å². The molecule has 0 aromatic heterocycles. The molecular weight excluding hydrogens is 268 g/mol. The third-order valence-corrected chi connectivity index (χ3v) is 2.98. The van der Waals surface area contributed by atoms with Crippen LogP contribution in [0.4, 0.5) is 11.4 Å². The van der Waals surface area contributed by atoms with Crippen molar-refractivity contribution in [2.75, 3.05) is 5.32 Å². The second kappa shape index (κ2) is 6.00. The molecule has 5 heteroatoms. The monoisotopic (exact) mass is 282 g/mol. The lowest BCUT2D eigenvalue weighted by Crippen LogP contribution is -2.13. The number of nitro groups is 1. The van der Waals surface area contributed by atoms with Crippen LogP contribution < -0.4 is 5.32 Å². The molecule has 0 heterocycles. The molecule has 0 aliphatic rings. The van der Waals surface area contributed by atoms with Gasteiger partial charge in [-0.15, -0.1) is 0 Å². The predicted molar refractivity (Wildman–Crippen MR) is 82.2 cm³/mol. The number of para-hydroxylation sites is 1. The highest BCUT2D eigenvalue weighted by atomic mass is 16.6. The van der Waals surface area contributed by atoms with Gasteiger partial charge >= 0.3 is 0 Å². The SMILES string of the molecule is C=C(C)c1ccccc1NC(=O)c1ccc([N+](=O)[O-])cc1. The van der Waals surface area contributed by atoms with E-state index in [9.17, 15) is 14.9 Å². The molecule has 1 N–H and O–H groups in total. The molecule has 0 fully saturated rings. The van der Waals surface area contributed by atoms with Gasteiger partial charge in [0.05, 0.1) is 4.92 Å². The smallest absolute Gasteiger partial charge is 0.269 e. The number of non-ortho nitro benzene ring substituents is 1. The van der Waals surface area contributed by atoms with E-state index in [1.165, 1.54) is 24.3 Å². The largest absolute Gasteiger partial charge is 0.321 e. The van der Waals surface area contributed by atoms with E-state index in [2.05, 4.69) is 11.9 Å². The first-order valence-corrected chi connectivity index (χ1v) is 6.30. The minimum Gasteiger partial charge on any atom is -0.321 e. The number of amides is 1. The molecule has 106 valence electrons. The minimum atomic E-state index is -0.502. The van der Waals surface area contributed by atoms with Crippen molar-refractivity contribution in [2.24, 2.45) is 0 Å². The topological polar surface area (TPSA) is 72.2 Å². The Hall–Kier alpha value is -2.95. The van der Waals surface area contributed by atoms with Crippen molar-refractivity contribution in [1.29, 1.82) is 0 Å². The minimum absolute atomic E-state index is 0.0473. The fraction of sp³-hybridized carbons (Fsp3) is 0.0625. The summed E-state index contributed by atoms with van der Waals surface area (Å²) in [6.07, 6.45) is 0. The van der Waals surface area contributed by atoms with Gasteiger partial charge in [-0.05, 0) is 30.7 Å². The van der Waals surface area contributed by atoms with Gasteiger partial charge in [-0.1, -0.05) is 24.8 Å². The van der Waals surface area contributed by atoms with Crippen molar-refractivity contribution in [3.8, 4) is 0 Å². The molecule has 0 bridgehead atoms. The highest BCUT2D eigenvalue weighted by Crippen LogP contribution is 2.23. The molecule has 2 aromatic carbocycles. The quantitative estimate of drug-likeness (QED) is 0.683. The van der Waals surface area contributed by atoms with Gasteiger partial charge in [-0.3, -0.25) is 14.9 Å². The summed E-state index contributed by atoms with van der Waals surface area (Å²) in [5.41, 5.74) is 2.67. The second-order valence-corrected chi connectivity index (χ2v) is 4.58. The number of carbonyl (C=O) groups excluding carboxylic acids is 1. The second-order valence-electron chi connectivity index (χ2n) is 4.58. The summed E-state index contributed by atoms with van der Waals surface area (Å²) in [4.78, 5) is 22.2. The van der Waals surface area contributed by atoms with Crippen LogP contribution in [0.1, 0.15) is 22.8 Å². The Morgan fingerprint density at radius 1 is 1.14 bits per heavy atom. The predicted octanol–water partition coefficient (Wildman–Crippen LogP) is 3.88. The number of rotatable bonds is 4. The van der Waals surface area contributed by atoms with Crippen LogP contribution in [0.15, 0.2) is 55.1 Å². The Morgan fingerprint density at radius 3 is 2.33 bits per heavy atom. The Kier molecular flexibility index (Phi) is 4.13. The fourth-order valence-corrected chi connectivity index (χ4v) is 1.89. The molecule has 0 unspecified atom stereocenters. The van der Waals surface area contributed by atoms with Crippen LogP contribution >= 0.6 is 0 Å². The first kappa shape index (κ1) is 14.5. The summed E-state index contributed by atoms with van der Waals surface area (Å²) < 4.78 is 0. The fourth-order valence-electron chi connectivity index (χ4n) is 1.89. The molecule has 0 saturated carbocycles. The van der Waals surface area contributed by atoms with E-state index in [0.717, 1.165) is 11.1 Å². The molecule has 0 radical (unpaired) electrons. The molecule has 0 aliphatic carbocycles. The average Bonchev–Trinajstić information content (AvgIpc) is 2.47. The molecule has 0 atom stereocenters. The van der Waals surface area contributed by atoms with Crippen molar-refractivity contribution in [1.82, 2.24) is 0 Å². The molecular formula is C16H14N2O3. The van der Waals surface area contributed by atoms with Gasteiger partial charge in [0, 0.05) is 28.9 Å². The van der Waals surface area contributed by atoms with Crippen molar-refractivity contribution < 1.29 is 9.72 Å². The molecule has 0 spiro atoms. The molecule has 0 aliphatic heterocycles. The Morgan fingerprint density at radius 2 is 1.76 bits per heavy atom. The van der Waals surface area contributed by atoms with E-state index in [-0.39, 0.29) is 11.6 Å². The highest BCUT2D eigenvalue weighted by Gasteiger charge is 2.11. The normalized spacial score (nSPS) is 9.95. The summed E-state index contributed by atoms with van der Waals surface area (Å²) in [5, 5.41) is 13.4. The van der Waals surface area contributed by atoms with Crippen LogP contribution in [-0.4, -0.2) is 10.8 Å². The average molecular weight is 282 g/mol. The van der Waals surface area contributed by atoms with Crippen LogP contribution in [0.25, 0.3) is 5.57 Å². The van der Waals surface area contributed by atoms with Crippen LogP contribution in [0.5, 0.6) is 0 Å². The van der Waals surface area contributed by atoms with Crippen molar-refractivity contribution >= 4 is 22.9 Å². The lowest BCUT2D eigenvalue weighted by molar-refractivity contribution is -0.384. The zero-order chi connectivity index (χ0) is 15.4. The lowest BCUT2D eigenvalue weighted by Gasteiger charge is -2.10. The van der Waals surface area contributed by atoms with E-state index >= 15 is 0 Å². The van der Waals surface area contributed by atoms with Crippen molar-refractivity contribution in [2.45, 2.75) is 6.92 Å². The van der Waals surface area contributed by atoms with Crippen LogP contribution in [0.2, 0.25) is 0 Å². The summed E-state index contributed by atoms with van der Waals surface area (Å²) in [7, 11) is 0. The summed E-state index contributed by atoms with van der Waals surface area (Å²) >= 11 is 0. The first-order chi connectivity index (χ1) is 9.99. The summed E-state index contributed by atoms with van der Waals surface area (Å²) in [5.74, 6) is -0.321. The molecule has 2 rings (SSSR count). The Bertz CT molecular complexity index is 706. The van der Waals surface area contributed by atoms with Crippen LogP contribution in [-0.2, 0) is 0 Å². The molecule has 5 nitrogen and oxygen atoms in total. The zero-order valence-electron chi connectivity index (χ0n) is 11.5. The third-order valence-electron chi connectivity index (χ3n) is 2.98. The first-order valence-electron chi connectivity index (χ1n) is 6.30. The van der Waals surface area contributed by atoms with Gasteiger partial charge in [-0.25, -0.2) is 0 Å². The highest BCUT2D eigenvalue weighted by molar-refractivity contribution is 6.05. The van der Waals surface area contributed by atoms with Gasteiger partial charge < -0.3 is 5.32 Å². The standard InChI is InChI=1S/C16H14N2O3/c1-11(2)14-5-3-4-6-15(14)17-16(19)12-7-9-13(10-8-12)18(20)21/h3-10H,1H2,2H3,(H,17,19). The maximum Gasteiger partial charge on any atom is 0.269 e. The summed E-state index contributed by atoms with van der Waals surface area (Å²) in [6, 6.07) is 12.8. The number of benzene rings is 2. The zero-order valence-corrected chi connectivity index (χ0v) is 11.5. The van der Waals surface area contributed by atoms with Gasteiger partial charge in [0.1, 0.15) is 0 Å². The number of allylic oxidation sites excluding steroid dienone is 1. The number of hydrogen-bond acceptors (Lipinski definition) is 3. The molecule has 21 heavy (non-hydrogen) atoms. The van der Waals surface area contributed by atoms with Gasteiger partial charge in [0.25, 0.3) is 11.6 Å². The van der Waals surface area contributed by atoms with E-state index in [1.807, 2.05) is 25.1 Å². The number of carbonyl (C=O) groups is 1. The van der Waals surface area contributed by atoms with Crippen LogP contribution in [0, 0.1) is 10.1 Å². The number of nitrogens with zero attached hydrogens (tertiary/aromatic N) is 1. The third kappa shape index (κ3) is 3.33. The van der Waals surface area contributed by atoms with Crippen molar-refractivity contribution in [3.63, 3.8) is 0 Å². The number of nitro benzene ring substituents is 1. The van der Waals surface area contributed by atoms with E-state index in [1.54, 1.807) is 6.07 Å². The number of hydrogen-bond donors (Lipinski definition) is 1. The van der Waals surface area contributed by atoms with Crippen LogP contribution in [0.3, 0.4) is 0 Å². The Labute approximate surface area is 122 Å². The number of nitrogens with one attached hydrogen (secondary N) is 1. The molecule has 1 amide bonds. The molecule has 0 saturated heterocycles. The van der Waals surface area contributed by atoms with Crippen molar-refractivity contribution in [3.05, 3.63) is 76.4 Å². The van der Waals surface area contributed by atoms with Gasteiger partial charge in [-0.2, -0.15) is 0 Å². The number of anilines is 1. The maximum absolute atomic E-state index is 12.2. The Balaban J connectivity index is 2.22. The maximum atomic E-state index is 12.2. The van der Waals surface area contributed by atoms with E-state index in [4.69, 9.17) is 0 Å². The van der Waals surface area contributed by atoms with Gasteiger partial charge in [0.15, 0.2) is 0 Å². The van der Waals surface area contributed by atoms with E-state index < -0.39 is 4.92 Å². The molecule has 2 aromatic rings. The van der Waals surface area contributed by atoms with E-state index in [0.29, 0.717) is 11.3 Å². The lowest BCUT2D eigenvalue weighted by atomic mass is 10.1. The summed E-state index contributed by atoms with van der Waals surface area (Å²) in [6.45, 7) is 5.73.